The zero-order valence-electron chi connectivity index (χ0n) is 13.0. The van der Waals surface area contributed by atoms with Crippen molar-refractivity contribution in [2.45, 2.75) is 34.1 Å². The van der Waals surface area contributed by atoms with Gasteiger partial charge in [0.05, 0.1) is 12.5 Å². The number of hydrogen-bond donors (Lipinski definition) is 1. The Bertz CT molecular complexity index is 288. The quantitative estimate of drug-likeness (QED) is 0.714. The van der Waals surface area contributed by atoms with Gasteiger partial charge in [0.25, 0.3) is 0 Å². The van der Waals surface area contributed by atoms with Gasteiger partial charge in [0, 0.05) is 26.7 Å². The lowest BCUT2D eigenvalue weighted by Gasteiger charge is -2.26. The van der Waals surface area contributed by atoms with E-state index in [0.717, 1.165) is 6.42 Å². The SMILES string of the molecule is CCN(CC)C(=O)CN(C)C(=O)C(CN)CC(C)C. The molecule has 0 aromatic rings. The minimum Gasteiger partial charge on any atom is -0.342 e. The fourth-order valence-electron chi connectivity index (χ4n) is 2.14. The van der Waals surface area contributed by atoms with Crippen LogP contribution in [0.1, 0.15) is 34.1 Å². The first kappa shape index (κ1) is 17.9. The highest BCUT2D eigenvalue weighted by Gasteiger charge is 2.24. The molecule has 0 saturated carbocycles. The van der Waals surface area contributed by atoms with Crippen LogP contribution in [0.5, 0.6) is 0 Å². The van der Waals surface area contributed by atoms with Crippen LogP contribution in [0.3, 0.4) is 0 Å². The highest BCUT2D eigenvalue weighted by molar-refractivity contribution is 5.85. The van der Waals surface area contributed by atoms with Crippen LogP contribution < -0.4 is 5.73 Å². The number of nitrogens with two attached hydrogens (primary N) is 1. The number of amides is 2. The Balaban J connectivity index is 4.50. The van der Waals surface area contributed by atoms with Crippen molar-refractivity contribution in [1.82, 2.24) is 9.80 Å². The van der Waals surface area contributed by atoms with Gasteiger partial charge in [0.2, 0.25) is 11.8 Å². The lowest BCUT2D eigenvalue weighted by Crippen LogP contribution is -2.44. The van der Waals surface area contributed by atoms with Crippen LogP contribution >= 0.6 is 0 Å². The topological polar surface area (TPSA) is 66.6 Å². The molecule has 0 spiro atoms. The summed E-state index contributed by atoms with van der Waals surface area (Å²) in [5.41, 5.74) is 5.66. The van der Waals surface area contributed by atoms with Crippen LogP contribution in [0.15, 0.2) is 0 Å². The fraction of sp³-hybridized carbons (Fsp3) is 0.857. The van der Waals surface area contributed by atoms with Gasteiger partial charge in [-0.3, -0.25) is 9.59 Å². The summed E-state index contributed by atoms with van der Waals surface area (Å²) in [4.78, 5) is 27.4. The summed E-state index contributed by atoms with van der Waals surface area (Å²) < 4.78 is 0. The summed E-state index contributed by atoms with van der Waals surface area (Å²) in [5.74, 6) is 0.191. The van der Waals surface area contributed by atoms with E-state index in [1.807, 2.05) is 13.8 Å². The van der Waals surface area contributed by atoms with Crippen molar-refractivity contribution in [3.63, 3.8) is 0 Å². The van der Waals surface area contributed by atoms with E-state index in [0.29, 0.717) is 25.6 Å². The van der Waals surface area contributed by atoms with E-state index in [2.05, 4.69) is 13.8 Å². The predicted octanol–water partition coefficient (Wildman–Crippen LogP) is 0.934. The van der Waals surface area contributed by atoms with Gasteiger partial charge in [0.1, 0.15) is 0 Å². The van der Waals surface area contributed by atoms with E-state index in [1.165, 1.54) is 4.90 Å². The minimum absolute atomic E-state index is 0.0128. The van der Waals surface area contributed by atoms with E-state index in [4.69, 9.17) is 5.73 Å². The molecule has 19 heavy (non-hydrogen) atoms. The summed E-state index contributed by atoms with van der Waals surface area (Å²) in [5, 5.41) is 0. The zero-order chi connectivity index (χ0) is 15.0. The lowest BCUT2D eigenvalue weighted by molar-refractivity contribution is -0.141. The summed E-state index contributed by atoms with van der Waals surface area (Å²) >= 11 is 0. The molecule has 1 unspecified atom stereocenters. The molecule has 2 N–H and O–H groups in total. The van der Waals surface area contributed by atoms with Gasteiger partial charge >= 0.3 is 0 Å². The molecule has 0 aliphatic carbocycles. The molecule has 0 saturated heterocycles. The first-order valence-electron chi connectivity index (χ1n) is 7.10. The van der Waals surface area contributed by atoms with Crippen LogP contribution in [-0.4, -0.2) is 54.8 Å². The van der Waals surface area contributed by atoms with Crippen molar-refractivity contribution in [3.8, 4) is 0 Å². The Morgan fingerprint density at radius 1 is 1.16 bits per heavy atom. The molecule has 5 heteroatoms. The molecule has 0 rings (SSSR count). The first-order chi connectivity index (χ1) is 8.87. The van der Waals surface area contributed by atoms with Crippen LogP contribution in [0, 0.1) is 11.8 Å². The molecule has 112 valence electrons. The summed E-state index contributed by atoms with van der Waals surface area (Å²) in [6.45, 7) is 9.81. The van der Waals surface area contributed by atoms with E-state index >= 15 is 0 Å². The molecule has 0 aliphatic rings. The molecule has 0 heterocycles. The van der Waals surface area contributed by atoms with E-state index in [-0.39, 0.29) is 24.3 Å². The maximum Gasteiger partial charge on any atom is 0.242 e. The Morgan fingerprint density at radius 3 is 2.05 bits per heavy atom. The van der Waals surface area contributed by atoms with Gasteiger partial charge in [-0.25, -0.2) is 0 Å². The van der Waals surface area contributed by atoms with Gasteiger partial charge in [-0.15, -0.1) is 0 Å². The largest absolute Gasteiger partial charge is 0.342 e. The Morgan fingerprint density at radius 2 is 1.68 bits per heavy atom. The zero-order valence-corrected chi connectivity index (χ0v) is 13.0. The summed E-state index contributed by atoms with van der Waals surface area (Å²) in [6.07, 6.45) is 0.763. The molecule has 2 amide bonds. The Labute approximate surface area is 117 Å². The molecule has 0 bridgehead atoms. The van der Waals surface area contributed by atoms with E-state index in [1.54, 1.807) is 11.9 Å². The van der Waals surface area contributed by atoms with Crippen molar-refractivity contribution < 1.29 is 9.59 Å². The Kier molecular flexibility index (Phi) is 8.39. The highest BCUT2D eigenvalue weighted by atomic mass is 16.2. The molecule has 5 nitrogen and oxygen atoms in total. The van der Waals surface area contributed by atoms with Gasteiger partial charge in [-0.1, -0.05) is 13.8 Å². The monoisotopic (exact) mass is 271 g/mol. The molecule has 0 aromatic carbocycles. The smallest absolute Gasteiger partial charge is 0.242 e. The van der Waals surface area contributed by atoms with Gasteiger partial charge in [-0.2, -0.15) is 0 Å². The third-order valence-electron chi connectivity index (χ3n) is 3.25. The third kappa shape index (κ3) is 6.05. The van der Waals surface area contributed by atoms with Crippen LogP contribution in [0.4, 0.5) is 0 Å². The summed E-state index contributed by atoms with van der Waals surface area (Å²) in [6, 6.07) is 0. The Hall–Kier alpha value is -1.10. The third-order valence-corrected chi connectivity index (χ3v) is 3.25. The second kappa shape index (κ2) is 8.91. The minimum atomic E-state index is -0.186. The van der Waals surface area contributed by atoms with Gasteiger partial charge in [0.15, 0.2) is 0 Å². The molecule has 0 aromatic heterocycles. The van der Waals surface area contributed by atoms with E-state index < -0.39 is 0 Å². The van der Waals surface area contributed by atoms with Gasteiger partial charge < -0.3 is 15.5 Å². The number of carbonyl (C=O) groups excluding carboxylic acids is 2. The van der Waals surface area contributed by atoms with E-state index in [9.17, 15) is 9.59 Å². The van der Waals surface area contributed by atoms with Crippen molar-refractivity contribution >= 4 is 11.8 Å². The second-order valence-corrected chi connectivity index (χ2v) is 5.32. The normalized spacial score (nSPS) is 12.4. The van der Waals surface area contributed by atoms with Crippen molar-refractivity contribution in [3.05, 3.63) is 0 Å². The van der Waals surface area contributed by atoms with Crippen LogP contribution in [0.2, 0.25) is 0 Å². The van der Waals surface area contributed by atoms with Gasteiger partial charge in [-0.05, 0) is 26.2 Å². The maximum atomic E-state index is 12.2. The number of hydrogen-bond acceptors (Lipinski definition) is 3. The predicted molar refractivity (Wildman–Crippen MR) is 77.6 cm³/mol. The summed E-state index contributed by atoms with van der Waals surface area (Å²) in [7, 11) is 1.67. The number of carbonyl (C=O) groups is 2. The van der Waals surface area contributed by atoms with Crippen molar-refractivity contribution in [2.75, 3.05) is 33.2 Å². The fourth-order valence-corrected chi connectivity index (χ4v) is 2.14. The molecule has 0 radical (unpaired) electrons. The van der Waals surface area contributed by atoms with Crippen LogP contribution in [0.25, 0.3) is 0 Å². The number of nitrogens with zero attached hydrogens (tertiary/aromatic N) is 2. The number of likely N-dealkylation sites (N-methyl/N-ethyl adjacent to an activating group) is 2. The maximum absolute atomic E-state index is 12.2. The van der Waals surface area contributed by atoms with Crippen molar-refractivity contribution in [2.24, 2.45) is 17.6 Å². The molecule has 0 aliphatic heterocycles. The molecule has 0 fully saturated rings. The first-order valence-corrected chi connectivity index (χ1v) is 7.10. The average Bonchev–Trinajstić information content (AvgIpc) is 2.36. The molecular weight excluding hydrogens is 242 g/mol. The second-order valence-electron chi connectivity index (χ2n) is 5.32. The molecular formula is C14H29N3O2. The van der Waals surface area contributed by atoms with Crippen molar-refractivity contribution in [1.29, 1.82) is 0 Å². The van der Waals surface area contributed by atoms with Crippen LogP contribution in [-0.2, 0) is 9.59 Å². The molecule has 1 atom stereocenters. The standard InChI is InChI=1S/C14H29N3O2/c1-6-17(7-2)13(18)10-16(5)14(19)12(9-15)8-11(3)4/h11-12H,6-10,15H2,1-5H3. The average molecular weight is 271 g/mol. The highest BCUT2D eigenvalue weighted by Crippen LogP contribution is 2.13. The lowest BCUT2D eigenvalue weighted by atomic mass is 9.96. The number of rotatable bonds is 8.